The zero-order chi connectivity index (χ0) is 19.4. The van der Waals surface area contributed by atoms with Gasteiger partial charge in [-0.05, 0) is 71.2 Å². The molecule has 0 saturated heterocycles. The highest BCUT2D eigenvalue weighted by atomic mass is 32.2. The lowest BCUT2D eigenvalue weighted by Gasteiger charge is -2.12. The van der Waals surface area contributed by atoms with Gasteiger partial charge in [0, 0.05) is 51.6 Å². The van der Waals surface area contributed by atoms with Gasteiger partial charge in [-0.15, -0.1) is 69.7 Å². The Labute approximate surface area is 191 Å². The molecule has 0 unspecified atom stereocenters. The standard InChI is InChI=1S/C22H18S6/c1-23-21(24-2)17-11-5-7-27-19(11)15-10-14-16(9-13(15)17)20-12(6-8-28-20)18(14)22(25-3)26-4/h5-10H,1-4H3. The number of rotatable bonds is 4. The van der Waals surface area contributed by atoms with Crippen molar-refractivity contribution in [1.29, 1.82) is 0 Å². The van der Waals surface area contributed by atoms with Gasteiger partial charge >= 0.3 is 0 Å². The second-order valence-corrected chi connectivity index (χ2v) is 12.0. The highest BCUT2D eigenvalue weighted by Gasteiger charge is 2.34. The maximum Gasteiger partial charge on any atom is 0.0481 e. The second-order valence-electron chi connectivity index (χ2n) is 6.41. The van der Waals surface area contributed by atoms with E-state index in [1.165, 1.54) is 62.8 Å². The largest absolute Gasteiger partial charge is 0.143 e. The average molecular weight is 475 g/mol. The van der Waals surface area contributed by atoms with Crippen LogP contribution in [0.1, 0.15) is 22.3 Å². The molecule has 2 heterocycles. The number of hydrogen-bond donors (Lipinski definition) is 0. The van der Waals surface area contributed by atoms with Crippen LogP contribution in [0, 0.1) is 0 Å². The molecular weight excluding hydrogens is 457 g/mol. The van der Waals surface area contributed by atoms with Crippen molar-refractivity contribution >= 4 is 80.9 Å². The SMILES string of the molecule is CSC(SC)=C1c2cc3c(cc2-c2sccc21)C(=C(SC)SC)c1ccsc1-3. The van der Waals surface area contributed by atoms with Gasteiger partial charge in [0.2, 0.25) is 0 Å². The summed E-state index contributed by atoms with van der Waals surface area (Å²) in [6, 6.07) is 9.55. The van der Waals surface area contributed by atoms with E-state index < -0.39 is 0 Å². The Balaban J connectivity index is 1.86. The molecule has 28 heavy (non-hydrogen) atoms. The fourth-order valence-electron chi connectivity index (χ4n) is 4.12. The fourth-order valence-corrected chi connectivity index (χ4v) is 9.02. The number of thiophene rings is 2. The highest BCUT2D eigenvalue weighted by Crippen LogP contribution is 2.58. The minimum atomic E-state index is 1.41. The molecule has 0 nitrogen and oxygen atoms in total. The van der Waals surface area contributed by atoms with Crippen molar-refractivity contribution < 1.29 is 0 Å². The summed E-state index contributed by atoms with van der Waals surface area (Å²) in [6.45, 7) is 0. The van der Waals surface area contributed by atoms with E-state index in [1.807, 2.05) is 69.7 Å². The molecule has 5 rings (SSSR count). The Kier molecular flexibility index (Phi) is 5.31. The van der Waals surface area contributed by atoms with Crippen molar-refractivity contribution in [3.63, 3.8) is 0 Å². The van der Waals surface area contributed by atoms with Gasteiger partial charge in [0.1, 0.15) is 0 Å². The van der Waals surface area contributed by atoms with Crippen LogP contribution in [0.15, 0.2) is 43.5 Å². The van der Waals surface area contributed by atoms with E-state index in [1.54, 1.807) is 0 Å². The summed E-state index contributed by atoms with van der Waals surface area (Å²) in [4.78, 5) is 2.86. The summed E-state index contributed by atoms with van der Waals surface area (Å²) in [5.41, 5.74) is 11.3. The second kappa shape index (κ2) is 7.64. The van der Waals surface area contributed by atoms with Gasteiger partial charge in [-0.3, -0.25) is 0 Å². The van der Waals surface area contributed by atoms with Crippen LogP contribution >= 0.6 is 69.7 Å². The first-order valence-electron chi connectivity index (χ1n) is 8.73. The highest BCUT2D eigenvalue weighted by molar-refractivity contribution is 8.22. The molecule has 0 aliphatic heterocycles. The van der Waals surface area contributed by atoms with E-state index in [4.69, 9.17) is 0 Å². The Hall–Kier alpha value is -0.500. The summed E-state index contributed by atoms with van der Waals surface area (Å²) in [5, 5.41) is 4.48. The maximum absolute atomic E-state index is 2.47. The van der Waals surface area contributed by atoms with Gasteiger partial charge < -0.3 is 0 Å². The molecule has 0 amide bonds. The van der Waals surface area contributed by atoms with E-state index in [-0.39, 0.29) is 0 Å². The van der Waals surface area contributed by atoms with Crippen LogP contribution in [-0.4, -0.2) is 25.0 Å². The summed E-state index contributed by atoms with van der Waals surface area (Å²) in [6.07, 6.45) is 8.77. The summed E-state index contributed by atoms with van der Waals surface area (Å²) in [7, 11) is 0. The van der Waals surface area contributed by atoms with Crippen LogP contribution in [-0.2, 0) is 0 Å². The van der Waals surface area contributed by atoms with Crippen LogP contribution in [0.5, 0.6) is 0 Å². The molecule has 0 atom stereocenters. The van der Waals surface area contributed by atoms with Gasteiger partial charge in [-0.2, -0.15) is 0 Å². The van der Waals surface area contributed by atoms with E-state index in [0.29, 0.717) is 0 Å². The van der Waals surface area contributed by atoms with Crippen LogP contribution in [0.25, 0.3) is 32.0 Å². The van der Waals surface area contributed by atoms with E-state index >= 15 is 0 Å². The lowest BCUT2D eigenvalue weighted by molar-refractivity contribution is 1.64. The molecule has 2 aliphatic rings. The molecule has 142 valence electrons. The van der Waals surface area contributed by atoms with Crippen LogP contribution in [0.3, 0.4) is 0 Å². The number of benzene rings is 1. The minimum absolute atomic E-state index is 1.41. The summed E-state index contributed by atoms with van der Waals surface area (Å²) < 4.78 is 2.82. The van der Waals surface area contributed by atoms with Crippen molar-refractivity contribution in [3.05, 3.63) is 65.8 Å². The first-order chi connectivity index (χ1) is 13.7. The molecule has 2 aromatic heterocycles. The van der Waals surface area contributed by atoms with Gasteiger partial charge in [0.15, 0.2) is 0 Å². The number of fused-ring (bicyclic) bond motifs is 6. The predicted molar refractivity (Wildman–Crippen MR) is 139 cm³/mol. The Morgan fingerprint density at radius 1 is 0.571 bits per heavy atom. The molecule has 2 aliphatic carbocycles. The normalized spacial score (nSPS) is 13.4. The summed E-state index contributed by atoms with van der Waals surface area (Å²) >= 11 is 11.2. The van der Waals surface area contributed by atoms with Gasteiger partial charge in [0.05, 0.1) is 0 Å². The van der Waals surface area contributed by atoms with Crippen molar-refractivity contribution in [2.24, 2.45) is 0 Å². The smallest absolute Gasteiger partial charge is 0.0481 e. The third-order valence-corrected chi connectivity index (χ3v) is 11.4. The summed E-state index contributed by atoms with van der Waals surface area (Å²) in [5.74, 6) is 0. The molecule has 1 aromatic carbocycles. The Morgan fingerprint density at radius 2 is 0.964 bits per heavy atom. The molecular formula is C22H18S6. The maximum atomic E-state index is 2.47. The lowest BCUT2D eigenvalue weighted by atomic mass is 9.98. The van der Waals surface area contributed by atoms with Crippen LogP contribution < -0.4 is 0 Å². The van der Waals surface area contributed by atoms with Crippen LogP contribution in [0.4, 0.5) is 0 Å². The zero-order valence-corrected chi connectivity index (χ0v) is 20.8. The first-order valence-corrected chi connectivity index (χ1v) is 15.4. The molecule has 0 radical (unpaired) electrons. The third kappa shape index (κ3) is 2.69. The van der Waals surface area contributed by atoms with Gasteiger partial charge in [-0.25, -0.2) is 0 Å². The van der Waals surface area contributed by atoms with Crippen molar-refractivity contribution in [2.45, 2.75) is 0 Å². The van der Waals surface area contributed by atoms with Crippen LogP contribution in [0.2, 0.25) is 0 Å². The number of thioether (sulfide) groups is 4. The minimum Gasteiger partial charge on any atom is -0.143 e. The molecule has 0 spiro atoms. The monoisotopic (exact) mass is 474 g/mol. The Morgan fingerprint density at radius 3 is 1.32 bits per heavy atom. The number of hydrogen-bond acceptors (Lipinski definition) is 6. The first kappa shape index (κ1) is 19.5. The zero-order valence-electron chi connectivity index (χ0n) is 15.9. The molecule has 0 saturated carbocycles. The van der Waals surface area contributed by atoms with Crippen molar-refractivity contribution in [1.82, 2.24) is 0 Å². The van der Waals surface area contributed by atoms with Gasteiger partial charge in [-0.1, -0.05) is 0 Å². The molecule has 6 heteroatoms. The van der Waals surface area contributed by atoms with E-state index in [9.17, 15) is 0 Å². The van der Waals surface area contributed by atoms with Crippen molar-refractivity contribution in [3.8, 4) is 20.9 Å². The third-order valence-electron chi connectivity index (χ3n) is 5.20. The molecule has 3 aromatic rings. The Bertz CT molecular complexity index is 1050. The molecule has 0 bridgehead atoms. The molecule has 0 N–H and O–H groups in total. The van der Waals surface area contributed by atoms with E-state index in [2.05, 4.69) is 60.0 Å². The lowest BCUT2D eigenvalue weighted by Crippen LogP contribution is -1.89. The van der Waals surface area contributed by atoms with E-state index in [0.717, 1.165) is 0 Å². The fraction of sp³-hybridized carbons (Fsp3) is 0.182. The quantitative estimate of drug-likeness (QED) is 0.255. The average Bonchev–Trinajstić information content (AvgIpc) is 3.46. The predicted octanol–water partition coefficient (Wildman–Crippen LogP) is 8.66. The van der Waals surface area contributed by atoms with Gasteiger partial charge in [0.25, 0.3) is 0 Å². The topological polar surface area (TPSA) is 0 Å². The van der Waals surface area contributed by atoms with Crippen molar-refractivity contribution in [2.75, 3.05) is 25.0 Å². The molecule has 0 fully saturated rings.